The Morgan fingerprint density at radius 3 is 1.74 bits per heavy atom. The molecular weight excluding hydrogens is 520 g/mol. The molecule has 0 fully saturated rings. The molecule has 4 aromatic carbocycles. The van der Waals surface area contributed by atoms with Gasteiger partial charge in [-0.3, -0.25) is 9.97 Å². The van der Waals surface area contributed by atoms with E-state index < -0.39 is 0 Å². The first-order valence-electron chi connectivity index (χ1n) is 12.7. The Bertz CT molecular complexity index is 2190. The van der Waals surface area contributed by atoms with E-state index in [-0.39, 0.29) is 5.70 Å². The van der Waals surface area contributed by atoms with Crippen molar-refractivity contribution < 1.29 is 0 Å². The standard InChI is InChI=1S/C34H14N8/c1-37-30-14-24-22(13-25(30)33-18-40-27-8-4-6-10-29(27)42-33)21-12-20(32-17-39-26-7-3-5-9-28(26)41-32)19(15-35)11-23(21)34(24)31(16-36)38-2/h3-14,17-18H/b34-31-. The Hall–Kier alpha value is -6.74. The van der Waals surface area contributed by atoms with Crippen molar-refractivity contribution in [3.8, 4) is 45.8 Å². The van der Waals surface area contributed by atoms with Gasteiger partial charge in [0, 0.05) is 16.7 Å². The van der Waals surface area contributed by atoms with E-state index in [2.05, 4.69) is 25.7 Å². The molecule has 0 spiro atoms. The average molecular weight is 535 g/mol. The minimum absolute atomic E-state index is 0.119. The molecule has 8 heteroatoms. The third kappa shape index (κ3) is 3.66. The molecule has 1 aliphatic carbocycles. The summed E-state index contributed by atoms with van der Waals surface area (Å²) in [6.07, 6.45) is 3.27. The molecule has 2 heterocycles. The molecule has 0 saturated heterocycles. The van der Waals surface area contributed by atoms with Crippen LogP contribution >= 0.6 is 0 Å². The molecule has 0 N–H and O–H groups in total. The summed E-state index contributed by atoms with van der Waals surface area (Å²) in [5.41, 5.74) is 8.57. The molecule has 0 amide bonds. The summed E-state index contributed by atoms with van der Waals surface area (Å²) >= 11 is 0. The maximum Gasteiger partial charge on any atom is 0.270 e. The van der Waals surface area contributed by atoms with Crippen LogP contribution in [0.3, 0.4) is 0 Å². The van der Waals surface area contributed by atoms with Crippen molar-refractivity contribution in [2.75, 3.05) is 0 Å². The fraction of sp³-hybridized carbons (Fsp3) is 0. The van der Waals surface area contributed by atoms with E-state index in [1.165, 1.54) is 0 Å². The number of para-hydroxylation sites is 4. The Labute approximate surface area is 239 Å². The van der Waals surface area contributed by atoms with Crippen LogP contribution in [0.25, 0.3) is 71.0 Å². The van der Waals surface area contributed by atoms with E-state index in [0.717, 1.165) is 11.0 Å². The highest BCUT2D eigenvalue weighted by atomic mass is 14.8. The highest BCUT2D eigenvalue weighted by molar-refractivity contribution is 6.07. The molecular formula is C34H14N8. The number of rotatable bonds is 2. The van der Waals surface area contributed by atoms with Gasteiger partial charge in [-0.2, -0.15) is 5.26 Å². The van der Waals surface area contributed by atoms with Gasteiger partial charge in [-0.1, -0.05) is 30.3 Å². The third-order valence-electron chi connectivity index (χ3n) is 7.27. The summed E-state index contributed by atoms with van der Waals surface area (Å²) in [7, 11) is 0. The van der Waals surface area contributed by atoms with Crippen molar-refractivity contribution >= 4 is 33.3 Å². The van der Waals surface area contributed by atoms with Crippen molar-refractivity contribution in [2.24, 2.45) is 0 Å². The van der Waals surface area contributed by atoms with Crippen molar-refractivity contribution in [3.63, 3.8) is 0 Å². The van der Waals surface area contributed by atoms with Crippen LogP contribution in [0.4, 0.5) is 5.69 Å². The quantitative estimate of drug-likeness (QED) is 0.168. The SMILES string of the molecule is [C-]#[N+]/C(C#N)=C1/c2cc(C#N)c(-c3cnc4ccccc4n3)cc2-c2cc(-c3cnc4ccccc4n3)c([N+]#[C-])cc21. The molecule has 190 valence electrons. The van der Waals surface area contributed by atoms with Gasteiger partial charge in [0.1, 0.15) is 0 Å². The zero-order chi connectivity index (χ0) is 28.8. The summed E-state index contributed by atoms with van der Waals surface area (Å²) < 4.78 is 0. The number of allylic oxidation sites excluding steroid dienone is 1. The molecule has 8 nitrogen and oxygen atoms in total. The van der Waals surface area contributed by atoms with Gasteiger partial charge in [-0.15, -0.1) is 0 Å². The second-order valence-corrected chi connectivity index (χ2v) is 9.52. The van der Waals surface area contributed by atoms with Crippen molar-refractivity contribution in [1.82, 2.24) is 19.9 Å². The lowest BCUT2D eigenvalue weighted by Crippen LogP contribution is -1.94. The van der Waals surface area contributed by atoms with Crippen LogP contribution in [0.1, 0.15) is 16.7 Å². The maximum absolute atomic E-state index is 10.1. The number of aromatic nitrogens is 4. The minimum atomic E-state index is -0.119. The van der Waals surface area contributed by atoms with Crippen LogP contribution in [0.15, 0.2) is 90.9 Å². The van der Waals surface area contributed by atoms with Gasteiger partial charge in [0.15, 0.2) is 5.69 Å². The number of hydrogen-bond donors (Lipinski definition) is 0. The van der Waals surface area contributed by atoms with Gasteiger partial charge in [0.05, 0.1) is 76.7 Å². The predicted octanol–water partition coefficient (Wildman–Crippen LogP) is 7.51. The molecule has 0 unspecified atom stereocenters. The molecule has 0 aliphatic heterocycles. The monoisotopic (exact) mass is 534 g/mol. The summed E-state index contributed by atoms with van der Waals surface area (Å²) in [4.78, 5) is 25.8. The van der Waals surface area contributed by atoms with Crippen molar-refractivity contribution in [1.29, 1.82) is 10.5 Å². The van der Waals surface area contributed by atoms with Gasteiger partial charge in [0.25, 0.3) is 5.70 Å². The van der Waals surface area contributed by atoms with Gasteiger partial charge >= 0.3 is 0 Å². The molecule has 1 aliphatic rings. The summed E-state index contributed by atoms with van der Waals surface area (Å²) in [6, 6.07) is 26.3. The van der Waals surface area contributed by atoms with E-state index in [9.17, 15) is 10.5 Å². The van der Waals surface area contributed by atoms with E-state index >= 15 is 0 Å². The van der Waals surface area contributed by atoms with Crippen LogP contribution in [0.2, 0.25) is 0 Å². The van der Waals surface area contributed by atoms with Gasteiger partial charge < -0.3 is 0 Å². The minimum Gasteiger partial charge on any atom is -0.252 e. The second kappa shape index (κ2) is 9.47. The Morgan fingerprint density at radius 2 is 1.19 bits per heavy atom. The molecule has 0 atom stereocenters. The first kappa shape index (κ1) is 24.3. The largest absolute Gasteiger partial charge is 0.270 e. The zero-order valence-electron chi connectivity index (χ0n) is 21.7. The smallest absolute Gasteiger partial charge is 0.252 e. The van der Waals surface area contributed by atoms with Crippen LogP contribution in [0.5, 0.6) is 0 Å². The van der Waals surface area contributed by atoms with Gasteiger partial charge in [0.2, 0.25) is 0 Å². The summed E-state index contributed by atoms with van der Waals surface area (Å²) in [5.74, 6) is 0. The molecule has 42 heavy (non-hydrogen) atoms. The van der Waals surface area contributed by atoms with Crippen LogP contribution in [0, 0.1) is 35.8 Å². The second-order valence-electron chi connectivity index (χ2n) is 9.52. The number of benzene rings is 4. The van der Waals surface area contributed by atoms with E-state index in [4.69, 9.17) is 23.1 Å². The Balaban J connectivity index is 1.52. The number of nitriles is 2. The predicted molar refractivity (Wildman–Crippen MR) is 158 cm³/mol. The van der Waals surface area contributed by atoms with Crippen LogP contribution < -0.4 is 0 Å². The molecule has 6 aromatic rings. The average Bonchev–Trinajstić information content (AvgIpc) is 3.35. The zero-order valence-corrected chi connectivity index (χ0v) is 21.7. The molecule has 0 radical (unpaired) electrons. The van der Waals surface area contributed by atoms with Crippen molar-refractivity contribution in [3.05, 3.63) is 130 Å². The summed E-state index contributed by atoms with van der Waals surface area (Å²) in [5, 5.41) is 20.0. The highest BCUT2D eigenvalue weighted by Gasteiger charge is 2.30. The van der Waals surface area contributed by atoms with Crippen molar-refractivity contribution in [2.45, 2.75) is 0 Å². The van der Waals surface area contributed by atoms with E-state index in [1.807, 2.05) is 66.7 Å². The first-order chi connectivity index (χ1) is 20.6. The number of nitrogens with zero attached hydrogens (tertiary/aromatic N) is 8. The Morgan fingerprint density at radius 1 is 0.643 bits per heavy atom. The molecule has 0 saturated carbocycles. The lowest BCUT2D eigenvalue weighted by Gasteiger charge is -2.11. The maximum atomic E-state index is 10.1. The molecule has 0 bridgehead atoms. The van der Waals surface area contributed by atoms with E-state index in [1.54, 1.807) is 24.5 Å². The summed E-state index contributed by atoms with van der Waals surface area (Å²) in [6.45, 7) is 15.6. The highest BCUT2D eigenvalue weighted by Crippen LogP contribution is 2.51. The molecule has 7 rings (SSSR count). The van der Waals surface area contributed by atoms with E-state index in [0.29, 0.717) is 72.6 Å². The lowest BCUT2D eigenvalue weighted by molar-refractivity contribution is 1.29. The third-order valence-corrected chi connectivity index (χ3v) is 7.27. The topological polar surface area (TPSA) is 108 Å². The fourth-order valence-corrected chi connectivity index (χ4v) is 5.36. The first-order valence-corrected chi connectivity index (χ1v) is 12.7. The molecule has 2 aromatic heterocycles. The number of hydrogen-bond acceptors (Lipinski definition) is 6. The van der Waals surface area contributed by atoms with Crippen LogP contribution in [-0.2, 0) is 0 Å². The number of fused-ring (bicyclic) bond motifs is 5. The fourth-order valence-electron chi connectivity index (χ4n) is 5.36. The normalized spacial score (nSPS) is 12.5. The Kier molecular flexibility index (Phi) is 5.48. The van der Waals surface area contributed by atoms with Gasteiger partial charge in [-0.25, -0.2) is 24.9 Å². The lowest BCUT2D eigenvalue weighted by atomic mass is 9.95. The van der Waals surface area contributed by atoms with Crippen LogP contribution in [-0.4, -0.2) is 19.9 Å². The van der Waals surface area contributed by atoms with Gasteiger partial charge in [-0.05, 0) is 64.7 Å².